The maximum Gasteiger partial charge on any atom is 0.338 e. The van der Waals surface area contributed by atoms with Crippen molar-refractivity contribution in [1.82, 2.24) is 0 Å². The topological polar surface area (TPSA) is 88.9 Å². The van der Waals surface area contributed by atoms with E-state index >= 15 is 0 Å². The zero-order chi connectivity index (χ0) is 22.3. The second-order valence-electron chi connectivity index (χ2n) is 6.88. The van der Waals surface area contributed by atoms with Crippen LogP contribution in [0.2, 0.25) is 0 Å². The fourth-order valence-electron chi connectivity index (χ4n) is 3.16. The molecule has 0 bridgehead atoms. The van der Waals surface area contributed by atoms with E-state index in [-0.39, 0.29) is 18.5 Å². The lowest BCUT2D eigenvalue weighted by atomic mass is 10.1. The van der Waals surface area contributed by atoms with Crippen LogP contribution in [0.15, 0.2) is 30.3 Å². The molecule has 2 aromatic carbocycles. The second-order valence-corrected chi connectivity index (χ2v) is 6.88. The van der Waals surface area contributed by atoms with E-state index in [1.54, 1.807) is 12.1 Å². The van der Waals surface area contributed by atoms with Crippen molar-refractivity contribution < 1.29 is 23.8 Å². The summed E-state index contributed by atoms with van der Waals surface area (Å²) in [6.07, 6.45) is 0.166. The number of aryl methyl sites for hydroxylation is 2. The third-order valence-electron chi connectivity index (χ3n) is 4.58. The van der Waals surface area contributed by atoms with Crippen LogP contribution in [-0.4, -0.2) is 39.2 Å². The maximum absolute atomic E-state index is 12.8. The Hall–Kier alpha value is -3.53. The van der Waals surface area contributed by atoms with Crippen LogP contribution in [-0.2, 0) is 9.53 Å². The fourth-order valence-corrected chi connectivity index (χ4v) is 3.16. The largest absolute Gasteiger partial charge is 0.496 e. The molecule has 2 aromatic rings. The molecule has 0 fully saturated rings. The molecule has 7 heteroatoms. The lowest BCUT2D eigenvalue weighted by Gasteiger charge is -2.22. The molecule has 30 heavy (non-hydrogen) atoms. The lowest BCUT2D eigenvalue weighted by Crippen LogP contribution is -2.35. The molecule has 0 aliphatic rings. The number of nitrogens with zero attached hydrogens (tertiary/aromatic N) is 2. The highest BCUT2D eigenvalue weighted by Gasteiger charge is 2.20. The number of benzene rings is 2. The summed E-state index contributed by atoms with van der Waals surface area (Å²) in [6, 6.07) is 10.8. The van der Waals surface area contributed by atoms with Gasteiger partial charge in [0.05, 0.1) is 32.3 Å². The van der Waals surface area contributed by atoms with E-state index in [9.17, 15) is 9.59 Å². The first-order valence-corrected chi connectivity index (χ1v) is 9.46. The average molecular weight is 410 g/mol. The smallest absolute Gasteiger partial charge is 0.338 e. The minimum absolute atomic E-state index is 0.166. The van der Waals surface area contributed by atoms with E-state index in [2.05, 4.69) is 0 Å². The zero-order valence-electron chi connectivity index (χ0n) is 17.9. The van der Waals surface area contributed by atoms with Gasteiger partial charge in [-0.25, -0.2) is 4.79 Å². The second kappa shape index (κ2) is 10.3. The Labute approximate surface area is 176 Å². The van der Waals surface area contributed by atoms with Gasteiger partial charge in [0.2, 0.25) is 0 Å². The summed E-state index contributed by atoms with van der Waals surface area (Å²) < 4.78 is 15.8. The standard InChI is InChI=1S/C23H26N2O5/c1-15-9-16(2)11-19(10-15)25(8-6-7-24)22(26)14-30-23(27)18-12-20(28-4)17(3)21(13-18)29-5/h9-13H,6,8,14H2,1-5H3. The zero-order valence-corrected chi connectivity index (χ0v) is 17.9. The van der Waals surface area contributed by atoms with Gasteiger partial charge >= 0.3 is 5.97 Å². The van der Waals surface area contributed by atoms with Crippen molar-refractivity contribution in [3.63, 3.8) is 0 Å². The molecule has 1 amide bonds. The highest BCUT2D eigenvalue weighted by Crippen LogP contribution is 2.29. The number of carbonyl (C=O) groups excluding carboxylic acids is 2. The number of amides is 1. The molecule has 0 N–H and O–H groups in total. The van der Waals surface area contributed by atoms with Gasteiger partial charge in [-0.05, 0) is 56.2 Å². The van der Waals surface area contributed by atoms with Crippen LogP contribution >= 0.6 is 0 Å². The van der Waals surface area contributed by atoms with Crippen molar-refractivity contribution in [3.05, 3.63) is 52.6 Å². The number of carbonyl (C=O) groups is 2. The van der Waals surface area contributed by atoms with Crippen LogP contribution < -0.4 is 14.4 Å². The summed E-state index contributed by atoms with van der Waals surface area (Å²) in [7, 11) is 2.99. The summed E-state index contributed by atoms with van der Waals surface area (Å²) in [5, 5.41) is 8.94. The molecule has 0 unspecified atom stereocenters. The Morgan fingerprint density at radius 1 is 0.967 bits per heavy atom. The number of nitriles is 1. The third-order valence-corrected chi connectivity index (χ3v) is 4.58. The first-order valence-electron chi connectivity index (χ1n) is 9.46. The summed E-state index contributed by atoms with van der Waals surface area (Å²) in [5.74, 6) is -0.104. The minimum Gasteiger partial charge on any atom is -0.496 e. The highest BCUT2D eigenvalue weighted by atomic mass is 16.5. The molecular formula is C23H26N2O5. The molecule has 0 saturated carbocycles. The van der Waals surface area contributed by atoms with Gasteiger partial charge in [-0.15, -0.1) is 0 Å². The molecule has 0 spiro atoms. The number of rotatable bonds is 8. The summed E-state index contributed by atoms with van der Waals surface area (Å²) in [4.78, 5) is 26.8. The minimum atomic E-state index is -0.666. The van der Waals surface area contributed by atoms with Crippen LogP contribution in [0.5, 0.6) is 11.5 Å². The Morgan fingerprint density at radius 3 is 2.03 bits per heavy atom. The number of anilines is 1. The van der Waals surface area contributed by atoms with Gasteiger partial charge in [-0.2, -0.15) is 5.26 Å². The van der Waals surface area contributed by atoms with Crippen LogP contribution in [0.25, 0.3) is 0 Å². The predicted octanol–water partition coefficient (Wildman–Crippen LogP) is 3.73. The van der Waals surface area contributed by atoms with Gasteiger partial charge in [-0.1, -0.05) is 6.07 Å². The number of hydrogen-bond donors (Lipinski definition) is 0. The highest BCUT2D eigenvalue weighted by molar-refractivity contribution is 5.97. The molecule has 0 aliphatic heterocycles. The van der Waals surface area contributed by atoms with Crippen molar-refractivity contribution >= 4 is 17.6 Å². The van der Waals surface area contributed by atoms with Gasteiger partial charge < -0.3 is 19.1 Å². The monoisotopic (exact) mass is 410 g/mol. The first kappa shape index (κ1) is 22.8. The van der Waals surface area contributed by atoms with Crippen LogP contribution in [0.1, 0.15) is 33.5 Å². The summed E-state index contributed by atoms with van der Waals surface area (Å²) >= 11 is 0. The summed E-state index contributed by atoms with van der Waals surface area (Å²) in [5.41, 5.74) is 3.64. The molecule has 0 saturated heterocycles. The van der Waals surface area contributed by atoms with E-state index in [0.717, 1.165) is 16.7 Å². The molecule has 158 valence electrons. The van der Waals surface area contributed by atoms with E-state index in [1.807, 2.05) is 45.0 Å². The Morgan fingerprint density at radius 2 is 1.53 bits per heavy atom. The lowest BCUT2D eigenvalue weighted by molar-refractivity contribution is -0.121. The number of esters is 1. The quantitative estimate of drug-likeness (QED) is 0.616. The average Bonchev–Trinajstić information content (AvgIpc) is 2.71. The van der Waals surface area contributed by atoms with Crippen molar-refractivity contribution in [1.29, 1.82) is 5.26 Å². The first-order chi connectivity index (χ1) is 14.3. The van der Waals surface area contributed by atoms with E-state index in [4.69, 9.17) is 19.5 Å². The predicted molar refractivity (Wildman–Crippen MR) is 113 cm³/mol. The van der Waals surface area contributed by atoms with Crippen molar-refractivity contribution in [3.8, 4) is 17.6 Å². The number of methoxy groups -OCH3 is 2. The molecule has 0 aliphatic carbocycles. The van der Waals surface area contributed by atoms with Gasteiger partial charge in [0.15, 0.2) is 6.61 Å². The maximum atomic E-state index is 12.8. The van der Waals surface area contributed by atoms with E-state index in [1.165, 1.54) is 19.1 Å². The molecule has 7 nitrogen and oxygen atoms in total. The normalized spacial score (nSPS) is 10.1. The van der Waals surface area contributed by atoms with Gasteiger partial charge in [0, 0.05) is 17.8 Å². The van der Waals surface area contributed by atoms with E-state index in [0.29, 0.717) is 17.2 Å². The van der Waals surface area contributed by atoms with Crippen molar-refractivity contribution in [2.45, 2.75) is 27.2 Å². The molecule has 0 atom stereocenters. The third kappa shape index (κ3) is 5.51. The Bertz CT molecular complexity index is 933. The molecule has 0 aromatic heterocycles. The van der Waals surface area contributed by atoms with Crippen molar-refractivity contribution in [2.24, 2.45) is 0 Å². The van der Waals surface area contributed by atoms with Crippen LogP contribution in [0.4, 0.5) is 5.69 Å². The van der Waals surface area contributed by atoms with Crippen LogP contribution in [0, 0.1) is 32.1 Å². The molecule has 0 radical (unpaired) electrons. The van der Waals surface area contributed by atoms with Gasteiger partial charge in [0.1, 0.15) is 11.5 Å². The van der Waals surface area contributed by atoms with Crippen LogP contribution in [0.3, 0.4) is 0 Å². The van der Waals surface area contributed by atoms with Gasteiger partial charge in [-0.3, -0.25) is 4.79 Å². The summed E-state index contributed by atoms with van der Waals surface area (Å²) in [6.45, 7) is 5.44. The molecule has 0 heterocycles. The Kier molecular flexibility index (Phi) is 7.82. The van der Waals surface area contributed by atoms with Gasteiger partial charge in [0.25, 0.3) is 5.91 Å². The SMILES string of the molecule is COc1cc(C(=O)OCC(=O)N(CCC#N)c2cc(C)cc(C)c2)cc(OC)c1C. The fraction of sp³-hybridized carbons (Fsp3) is 0.348. The molecular weight excluding hydrogens is 384 g/mol. The number of ether oxygens (including phenoxy) is 3. The Balaban J connectivity index is 2.18. The van der Waals surface area contributed by atoms with E-state index < -0.39 is 18.5 Å². The number of hydrogen-bond acceptors (Lipinski definition) is 6. The van der Waals surface area contributed by atoms with Crippen molar-refractivity contribution in [2.75, 3.05) is 32.3 Å². The molecule has 2 rings (SSSR count).